The monoisotopic (exact) mass is 376 g/mol. The second-order valence-corrected chi connectivity index (χ2v) is 8.84. The third kappa shape index (κ3) is 3.48. The number of aryl methyl sites for hydroxylation is 4. The minimum Gasteiger partial charge on any atom is -0.355 e. The van der Waals surface area contributed by atoms with Gasteiger partial charge in [0, 0.05) is 10.9 Å². The van der Waals surface area contributed by atoms with Crippen molar-refractivity contribution in [3.05, 3.63) is 52.0 Å². The minimum atomic E-state index is -3.68. The van der Waals surface area contributed by atoms with Crippen LogP contribution in [0.2, 0.25) is 0 Å². The number of thiophene rings is 1. The SMILES string of the molecule is CCc1cccc(C)c1NS(=O)(=O)c1cc(-c2cc(C)no2)sc1C. The van der Waals surface area contributed by atoms with Gasteiger partial charge < -0.3 is 4.52 Å². The van der Waals surface area contributed by atoms with Crippen molar-refractivity contribution in [2.45, 2.75) is 39.0 Å². The van der Waals surface area contributed by atoms with Crippen molar-refractivity contribution in [1.82, 2.24) is 5.16 Å². The molecule has 7 heteroatoms. The maximum Gasteiger partial charge on any atom is 0.263 e. The minimum absolute atomic E-state index is 0.270. The second-order valence-electron chi connectivity index (χ2n) is 5.93. The maximum absolute atomic E-state index is 12.9. The van der Waals surface area contributed by atoms with Gasteiger partial charge in [-0.2, -0.15) is 0 Å². The van der Waals surface area contributed by atoms with E-state index in [4.69, 9.17) is 4.52 Å². The fourth-order valence-electron chi connectivity index (χ4n) is 2.69. The summed E-state index contributed by atoms with van der Waals surface area (Å²) >= 11 is 1.38. The lowest BCUT2D eigenvalue weighted by Crippen LogP contribution is -2.15. The Bertz CT molecular complexity index is 1020. The quantitative estimate of drug-likeness (QED) is 0.701. The van der Waals surface area contributed by atoms with Crippen LogP contribution in [0.15, 0.2) is 39.8 Å². The Morgan fingerprint density at radius 3 is 2.60 bits per heavy atom. The van der Waals surface area contributed by atoms with E-state index in [1.54, 1.807) is 19.1 Å². The van der Waals surface area contributed by atoms with Crippen molar-refractivity contribution < 1.29 is 12.9 Å². The van der Waals surface area contributed by atoms with E-state index in [9.17, 15) is 8.42 Å². The molecule has 0 saturated heterocycles. The van der Waals surface area contributed by atoms with Crippen LogP contribution in [0.1, 0.15) is 28.6 Å². The van der Waals surface area contributed by atoms with E-state index >= 15 is 0 Å². The smallest absolute Gasteiger partial charge is 0.263 e. The number of nitrogens with one attached hydrogen (secondary N) is 1. The van der Waals surface area contributed by atoms with Crippen LogP contribution in [-0.4, -0.2) is 13.6 Å². The molecule has 0 aliphatic carbocycles. The number of nitrogens with zero attached hydrogens (tertiary/aromatic N) is 1. The predicted molar refractivity (Wildman–Crippen MR) is 101 cm³/mol. The first-order valence-electron chi connectivity index (χ1n) is 7.97. The zero-order chi connectivity index (χ0) is 18.2. The van der Waals surface area contributed by atoms with Crippen LogP contribution in [0.3, 0.4) is 0 Å². The number of para-hydroxylation sites is 1. The van der Waals surface area contributed by atoms with E-state index in [0.717, 1.165) is 28.1 Å². The van der Waals surface area contributed by atoms with Crippen molar-refractivity contribution in [3.63, 3.8) is 0 Å². The zero-order valence-corrected chi connectivity index (χ0v) is 16.2. The third-order valence-electron chi connectivity index (χ3n) is 4.01. The molecule has 0 atom stereocenters. The van der Waals surface area contributed by atoms with Crippen LogP contribution in [0.5, 0.6) is 0 Å². The molecule has 3 rings (SSSR count). The van der Waals surface area contributed by atoms with Gasteiger partial charge in [0.1, 0.15) is 4.90 Å². The Morgan fingerprint density at radius 2 is 1.96 bits per heavy atom. The van der Waals surface area contributed by atoms with E-state index < -0.39 is 10.0 Å². The van der Waals surface area contributed by atoms with Crippen molar-refractivity contribution in [2.24, 2.45) is 0 Å². The average molecular weight is 377 g/mol. The van der Waals surface area contributed by atoms with E-state index in [-0.39, 0.29) is 4.90 Å². The first-order valence-corrected chi connectivity index (χ1v) is 10.3. The summed E-state index contributed by atoms with van der Waals surface area (Å²) in [6, 6.07) is 9.22. The van der Waals surface area contributed by atoms with Crippen LogP contribution in [0.25, 0.3) is 10.6 Å². The molecule has 2 aromatic heterocycles. The lowest BCUT2D eigenvalue weighted by molar-refractivity contribution is 0.428. The summed E-state index contributed by atoms with van der Waals surface area (Å²) in [5, 5.41) is 3.86. The highest BCUT2D eigenvalue weighted by Crippen LogP contribution is 2.35. The lowest BCUT2D eigenvalue weighted by atomic mass is 10.1. The Morgan fingerprint density at radius 1 is 1.20 bits per heavy atom. The Balaban J connectivity index is 2.00. The highest BCUT2D eigenvalue weighted by atomic mass is 32.2. The first kappa shape index (κ1) is 17.7. The molecule has 0 aliphatic heterocycles. The largest absolute Gasteiger partial charge is 0.355 e. The third-order valence-corrected chi connectivity index (χ3v) is 6.68. The summed E-state index contributed by atoms with van der Waals surface area (Å²) in [5.74, 6) is 0.581. The Labute approximate surface area is 151 Å². The highest BCUT2D eigenvalue weighted by molar-refractivity contribution is 7.93. The highest BCUT2D eigenvalue weighted by Gasteiger charge is 2.23. The Kier molecular flexibility index (Phi) is 4.71. The summed E-state index contributed by atoms with van der Waals surface area (Å²) < 4.78 is 33.9. The van der Waals surface area contributed by atoms with Gasteiger partial charge in [-0.15, -0.1) is 11.3 Å². The molecule has 0 radical (unpaired) electrons. The molecule has 25 heavy (non-hydrogen) atoms. The summed E-state index contributed by atoms with van der Waals surface area (Å²) in [6.45, 7) is 7.54. The molecular weight excluding hydrogens is 356 g/mol. The number of hydrogen-bond donors (Lipinski definition) is 1. The van der Waals surface area contributed by atoms with Gasteiger partial charge >= 0.3 is 0 Å². The summed E-state index contributed by atoms with van der Waals surface area (Å²) in [5.41, 5.74) is 3.30. The topological polar surface area (TPSA) is 72.2 Å². The fraction of sp³-hybridized carbons (Fsp3) is 0.278. The normalized spacial score (nSPS) is 11.7. The summed E-state index contributed by atoms with van der Waals surface area (Å²) in [4.78, 5) is 1.73. The molecule has 0 saturated carbocycles. The zero-order valence-electron chi connectivity index (χ0n) is 14.6. The summed E-state index contributed by atoms with van der Waals surface area (Å²) in [6.07, 6.45) is 0.755. The number of benzene rings is 1. The molecule has 0 bridgehead atoms. The van der Waals surface area contributed by atoms with Crippen molar-refractivity contribution in [3.8, 4) is 10.6 Å². The van der Waals surface area contributed by atoms with E-state index in [1.807, 2.05) is 39.0 Å². The van der Waals surface area contributed by atoms with Crippen molar-refractivity contribution in [1.29, 1.82) is 0 Å². The average Bonchev–Trinajstić information content (AvgIpc) is 3.15. The van der Waals surface area contributed by atoms with Crippen LogP contribution in [0, 0.1) is 20.8 Å². The fourth-order valence-corrected chi connectivity index (χ4v) is 5.41. The van der Waals surface area contributed by atoms with Crippen LogP contribution in [0.4, 0.5) is 5.69 Å². The van der Waals surface area contributed by atoms with Gasteiger partial charge in [0.25, 0.3) is 10.0 Å². The van der Waals surface area contributed by atoms with Gasteiger partial charge in [-0.05, 0) is 44.4 Å². The molecule has 0 aliphatic rings. The molecule has 0 amide bonds. The van der Waals surface area contributed by atoms with Gasteiger partial charge in [0.2, 0.25) is 0 Å². The molecule has 0 fully saturated rings. The first-order chi connectivity index (χ1) is 11.8. The summed E-state index contributed by atoms with van der Waals surface area (Å²) in [7, 11) is -3.68. The molecular formula is C18H20N2O3S2. The number of sulfonamides is 1. The number of rotatable bonds is 5. The number of hydrogen-bond acceptors (Lipinski definition) is 5. The number of anilines is 1. The van der Waals surface area contributed by atoms with Gasteiger partial charge in [0.15, 0.2) is 5.76 Å². The molecule has 132 valence electrons. The molecule has 0 spiro atoms. The van der Waals surface area contributed by atoms with Gasteiger partial charge in [-0.3, -0.25) is 4.72 Å². The van der Waals surface area contributed by atoms with Crippen molar-refractivity contribution in [2.75, 3.05) is 4.72 Å². The van der Waals surface area contributed by atoms with Gasteiger partial charge in [-0.25, -0.2) is 8.42 Å². The van der Waals surface area contributed by atoms with Crippen LogP contribution < -0.4 is 4.72 Å². The van der Waals surface area contributed by atoms with Crippen molar-refractivity contribution >= 4 is 27.0 Å². The second kappa shape index (κ2) is 6.65. The van der Waals surface area contributed by atoms with E-state index in [2.05, 4.69) is 9.88 Å². The lowest BCUT2D eigenvalue weighted by Gasteiger charge is -2.14. The van der Waals surface area contributed by atoms with Crippen LogP contribution in [-0.2, 0) is 16.4 Å². The molecule has 1 aromatic carbocycles. The van der Waals surface area contributed by atoms with Crippen LogP contribution >= 0.6 is 11.3 Å². The maximum atomic E-state index is 12.9. The molecule has 0 unspecified atom stereocenters. The standard InChI is InChI=1S/C18H20N2O3S2/c1-5-14-8-6-7-11(2)18(14)20-25(21,22)17-10-16(24-13(17)4)15-9-12(3)19-23-15/h6-10,20H,5H2,1-4H3. The van der Waals surface area contributed by atoms with E-state index in [1.165, 1.54) is 11.3 Å². The predicted octanol–water partition coefficient (Wildman–Crippen LogP) is 4.69. The number of aromatic nitrogens is 1. The molecule has 2 heterocycles. The molecule has 5 nitrogen and oxygen atoms in total. The molecule has 3 aromatic rings. The molecule has 1 N–H and O–H groups in total. The van der Waals surface area contributed by atoms with Gasteiger partial charge in [0.05, 0.1) is 16.3 Å². The Hall–Kier alpha value is -2.12. The van der Waals surface area contributed by atoms with Gasteiger partial charge in [-0.1, -0.05) is 30.3 Å². The van der Waals surface area contributed by atoms with E-state index in [0.29, 0.717) is 16.3 Å².